The van der Waals surface area contributed by atoms with Gasteiger partial charge < -0.3 is 5.11 Å². The minimum atomic E-state index is -0.628. The van der Waals surface area contributed by atoms with E-state index < -0.39 is 5.97 Å². The Hall–Kier alpha value is -0.570. The van der Waals surface area contributed by atoms with Crippen molar-refractivity contribution in [3.05, 3.63) is 0 Å². The SMILES string of the molecule is CC(C)C1CC(CN2CCC[C@@H]2C(=O)O)C1. The molecule has 0 bridgehead atoms. The van der Waals surface area contributed by atoms with Crippen molar-refractivity contribution in [2.75, 3.05) is 13.1 Å². The Balaban J connectivity index is 1.76. The van der Waals surface area contributed by atoms with Gasteiger partial charge in [-0.3, -0.25) is 9.69 Å². The third kappa shape index (κ3) is 2.40. The zero-order chi connectivity index (χ0) is 11.7. The number of carboxylic acid groups (broad SMARTS) is 1. The fourth-order valence-corrected chi connectivity index (χ4v) is 3.14. The summed E-state index contributed by atoms with van der Waals surface area (Å²) >= 11 is 0. The maximum atomic E-state index is 11.0. The normalized spacial score (nSPS) is 35.3. The number of carboxylic acids is 1. The van der Waals surface area contributed by atoms with Crippen LogP contribution in [-0.2, 0) is 4.79 Å². The Bertz CT molecular complexity index is 259. The van der Waals surface area contributed by atoms with E-state index >= 15 is 0 Å². The summed E-state index contributed by atoms with van der Waals surface area (Å²) in [5.41, 5.74) is 0. The number of likely N-dealkylation sites (tertiary alicyclic amines) is 1. The van der Waals surface area contributed by atoms with Crippen LogP contribution in [0.4, 0.5) is 0 Å². The van der Waals surface area contributed by atoms with Crippen LogP contribution in [0.25, 0.3) is 0 Å². The zero-order valence-electron chi connectivity index (χ0n) is 10.4. The number of hydrogen-bond acceptors (Lipinski definition) is 2. The first kappa shape index (κ1) is 11.9. The van der Waals surface area contributed by atoms with Crippen molar-refractivity contribution < 1.29 is 9.90 Å². The summed E-state index contributed by atoms with van der Waals surface area (Å²) in [6.45, 7) is 6.58. The van der Waals surface area contributed by atoms with Crippen LogP contribution in [0.1, 0.15) is 39.5 Å². The summed E-state index contributed by atoms with van der Waals surface area (Å²) in [4.78, 5) is 13.2. The molecule has 0 amide bonds. The van der Waals surface area contributed by atoms with Gasteiger partial charge >= 0.3 is 5.97 Å². The standard InChI is InChI=1S/C13H23NO2/c1-9(2)11-6-10(7-11)8-14-5-3-4-12(14)13(15)16/h9-12H,3-8H2,1-2H3,(H,15,16)/t10?,11?,12-/m1/s1. The van der Waals surface area contributed by atoms with E-state index in [0.29, 0.717) is 0 Å². The molecule has 1 saturated carbocycles. The molecule has 92 valence electrons. The molecular formula is C13H23NO2. The zero-order valence-corrected chi connectivity index (χ0v) is 10.4. The van der Waals surface area contributed by atoms with Crippen molar-refractivity contribution in [1.82, 2.24) is 4.90 Å². The summed E-state index contributed by atoms with van der Waals surface area (Å²) in [6, 6.07) is -0.196. The van der Waals surface area contributed by atoms with Crippen LogP contribution >= 0.6 is 0 Å². The molecular weight excluding hydrogens is 202 g/mol. The first-order valence-electron chi connectivity index (χ1n) is 6.54. The maximum Gasteiger partial charge on any atom is 0.320 e. The highest BCUT2D eigenvalue weighted by Crippen LogP contribution is 2.39. The number of aliphatic carboxylic acids is 1. The average Bonchev–Trinajstić information content (AvgIpc) is 2.57. The number of nitrogens with zero attached hydrogens (tertiary/aromatic N) is 1. The van der Waals surface area contributed by atoms with Gasteiger partial charge in [-0.1, -0.05) is 13.8 Å². The molecule has 1 N–H and O–H groups in total. The summed E-state index contributed by atoms with van der Waals surface area (Å²) in [6.07, 6.45) is 4.51. The van der Waals surface area contributed by atoms with Crippen molar-refractivity contribution in [2.45, 2.75) is 45.6 Å². The lowest BCUT2D eigenvalue weighted by atomic mass is 9.69. The molecule has 0 spiro atoms. The summed E-state index contributed by atoms with van der Waals surface area (Å²) in [5.74, 6) is 1.81. The summed E-state index contributed by atoms with van der Waals surface area (Å²) in [7, 11) is 0. The van der Waals surface area contributed by atoms with E-state index in [2.05, 4.69) is 18.7 Å². The summed E-state index contributed by atoms with van der Waals surface area (Å²) in [5, 5.41) is 9.09. The van der Waals surface area contributed by atoms with E-state index in [-0.39, 0.29) is 6.04 Å². The van der Waals surface area contributed by atoms with Gasteiger partial charge in [-0.15, -0.1) is 0 Å². The second-order valence-electron chi connectivity index (χ2n) is 5.83. The molecule has 3 nitrogen and oxygen atoms in total. The van der Waals surface area contributed by atoms with Crippen LogP contribution in [0.3, 0.4) is 0 Å². The fraction of sp³-hybridized carbons (Fsp3) is 0.923. The van der Waals surface area contributed by atoms with Crippen LogP contribution in [-0.4, -0.2) is 35.1 Å². The maximum absolute atomic E-state index is 11.0. The van der Waals surface area contributed by atoms with E-state index in [1.54, 1.807) is 0 Å². The minimum Gasteiger partial charge on any atom is -0.480 e. The van der Waals surface area contributed by atoms with Gasteiger partial charge in [0.05, 0.1) is 0 Å². The van der Waals surface area contributed by atoms with Crippen LogP contribution in [0.2, 0.25) is 0 Å². The molecule has 1 aliphatic heterocycles. The lowest BCUT2D eigenvalue weighted by molar-refractivity contribution is -0.142. The quantitative estimate of drug-likeness (QED) is 0.797. The highest BCUT2D eigenvalue weighted by molar-refractivity contribution is 5.73. The lowest BCUT2D eigenvalue weighted by Gasteiger charge is -2.40. The summed E-state index contributed by atoms with van der Waals surface area (Å²) < 4.78 is 0. The Morgan fingerprint density at radius 2 is 2.12 bits per heavy atom. The van der Waals surface area contributed by atoms with E-state index in [1.807, 2.05) is 0 Å². The predicted octanol–water partition coefficient (Wildman–Crippen LogP) is 2.22. The molecule has 1 saturated heterocycles. The molecule has 2 rings (SSSR count). The van der Waals surface area contributed by atoms with Crippen LogP contribution in [0, 0.1) is 17.8 Å². The number of hydrogen-bond donors (Lipinski definition) is 1. The number of rotatable bonds is 4. The van der Waals surface area contributed by atoms with Crippen molar-refractivity contribution in [3.63, 3.8) is 0 Å². The lowest BCUT2D eigenvalue weighted by Crippen LogP contribution is -2.42. The highest BCUT2D eigenvalue weighted by Gasteiger charge is 2.36. The van der Waals surface area contributed by atoms with Gasteiger partial charge in [0.1, 0.15) is 6.04 Å². The van der Waals surface area contributed by atoms with Gasteiger partial charge in [0.15, 0.2) is 0 Å². The highest BCUT2D eigenvalue weighted by atomic mass is 16.4. The van der Waals surface area contributed by atoms with Gasteiger partial charge in [-0.25, -0.2) is 0 Å². The third-order valence-electron chi connectivity index (χ3n) is 4.36. The molecule has 0 unspecified atom stereocenters. The van der Waals surface area contributed by atoms with E-state index in [9.17, 15) is 4.79 Å². The molecule has 1 aliphatic carbocycles. The molecule has 0 aromatic rings. The Morgan fingerprint density at radius 3 is 2.69 bits per heavy atom. The Kier molecular flexibility index (Phi) is 3.53. The third-order valence-corrected chi connectivity index (χ3v) is 4.36. The van der Waals surface area contributed by atoms with Gasteiger partial charge in [-0.2, -0.15) is 0 Å². The van der Waals surface area contributed by atoms with Crippen molar-refractivity contribution >= 4 is 5.97 Å². The van der Waals surface area contributed by atoms with E-state index in [0.717, 1.165) is 43.7 Å². The van der Waals surface area contributed by atoms with Crippen molar-refractivity contribution in [3.8, 4) is 0 Å². The van der Waals surface area contributed by atoms with Gasteiger partial charge in [0, 0.05) is 6.54 Å². The minimum absolute atomic E-state index is 0.196. The largest absolute Gasteiger partial charge is 0.480 e. The first-order valence-corrected chi connectivity index (χ1v) is 6.54. The van der Waals surface area contributed by atoms with Crippen molar-refractivity contribution in [2.24, 2.45) is 17.8 Å². The van der Waals surface area contributed by atoms with Gasteiger partial charge in [0.25, 0.3) is 0 Å². The molecule has 16 heavy (non-hydrogen) atoms. The van der Waals surface area contributed by atoms with Crippen LogP contribution < -0.4 is 0 Å². The molecule has 2 aliphatic rings. The van der Waals surface area contributed by atoms with Crippen LogP contribution in [0.5, 0.6) is 0 Å². The monoisotopic (exact) mass is 225 g/mol. The molecule has 0 radical (unpaired) electrons. The van der Waals surface area contributed by atoms with Gasteiger partial charge in [0.2, 0.25) is 0 Å². The van der Waals surface area contributed by atoms with E-state index in [1.165, 1.54) is 12.8 Å². The number of carbonyl (C=O) groups is 1. The average molecular weight is 225 g/mol. The first-order chi connectivity index (χ1) is 7.58. The molecule has 1 atom stereocenters. The molecule has 0 aromatic heterocycles. The topological polar surface area (TPSA) is 40.5 Å². The van der Waals surface area contributed by atoms with Gasteiger partial charge in [-0.05, 0) is 50.0 Å². The smallest absolute Gasteiger partial charge is 0.320 e. The molecule has 0 aromatic carbocycles. The molecule has 1 heterocycles. The predicted molar refractivity (Wildman–Crippen MR) is 63.3 cm³/mol. The Labute approximate surface area is 97.8 Å². The van der Waals surface area contributed by atoms with Crippen LogP contribution in [0.15, 0.2) is 0 Å². The Morgan fingerprint density at radius 1 is 1.44 bits per heavy atom. The van der Waals surface area contributed by atoms with E-state index in [4.69, 9.17) is 5.11 Å². The molecule has 3 heteroatoms. The van der Waals surface area contributed by atoms with Crippen molar-refractivity contribution in [1.29, 1.82) is 0 Å². The molecule has 2 fully saturated rings. The fourth-order valence-electron chi connectivity index (χ4n) is 3.14. The second-order valence-corrected chi connectivity index (χ2v) is 5.83. The second kappa shape index (κ2) is 4.74.